The third-order valence-electron chi connectivity index (χ3n) is 3.44. The average molecular weight is 277 g/mol. The van der Waals surface area contributed by atoms with Crippen molar-refractivity contribution < 1.29 is 14.7 Å². The number of carboxylic acids is 1. The topological polar surface area (TPSA) is 57.6 Å². The van der Waals surface area contributed by atoms with Crippen LogP contribution < -0.4 is 0 Å². The lowest BCUT2D eigenvalue weighted by molar-refractivity contribution is 0.0679. The minimum atomic E-state index is -1.05. The van der Waals surface area contributed by atoms with Crippen LogP contribution in [-0.4, -0.2) is 35.5 Å². The fraction of sp³-hybridized carbons (Fsp3) is 0.500. The summed E-state index contributed by atoms with van der Waals surface area (Å²) >= 11 is 0. The summed E-state index contributed by atoms with van der Waals surface area (Å²) in [5.74, 6) is -0.765. The van der Waals surface area contributed by atoms with Crippen LogP contribution in [0.25, 0.3) is 0 Å². The van der Waals surface area contributed by atoms with Crippen LogP contribution in [0.2, 0.25) is 0 Å². The number of carbonyl (C=O) groups excluding carboxylic acids is 1. The molecule has 1 N–H and O–H groups in total. The Hall–Kier alpha value is -1.84. The van der Waals surface area contributed by atoms with Crippen LogP contribution in [0.3, 0.4) is 0 Å². The van der Waals surface area contributed by atoms with Gasteiger partial charge in [-0.3, -0.25) is 4.79 Å². The average Bonchev–Trinajstić information content (AvgIpc) is 2.36. The van der Waals surface area contributed by atoms with E-state index in [2.05, 4.69) is 13.8 Å². The van der Waals surface area contributed by atoms with Crippen LogP contribution in [0.5, 0.6) is 0 Å². The molecule has 0 fully saturated rings. The monoisotopic (exact) mass is 277 g/mol. The number of rotatable bonds is 5. The van der Waals surface area contributed by atoms with E-state index < -0.39 is 5.97 Å². The molecule has 0 aliphatic rings. The van der Waals surface area contributed by atoms with Gasteiger partial charge in [-0.15, -0.1) is 0 Å². The normalized spacial score (nSPS) is 10.7. The summed E-state index contributed by atoms with van der Waals surface area (Å²) in [6.07, 6.45) is 0.898. The molecule has 0 heterocycles. The van der Waals surface area contributed by atoms with Crippen molar-refractivity contribution in [1.82, 2.24) is 4.90 Å². The van der Waals surface area contributed by atoms with Gasteiger partial charge in [-0.2, -0.15) is 0 Å². The molecule has 0 aliphatic heterocycles. The van der Waals surface area contributed by atoms with Crippen molar-refractivity contribution in [3.8, 4) is 0 Å². The zero-order valence-corrected chi connectivity index (χ0v) is 12.9. The number of aromatic carboxylic acids is 1. The standard InChI is InChI=1S/C16H23NO3/c1-10(2)8-9-17(5)15(18)13-11(3)6-7-12(4)14(13)16(19)20/h6-7,10H,8-9H2,1-5H3,(H,19,20). The third kappa shape index (κ3) is 3.59. The molecule has 0 radical (unpaired) electrons. The summed E-state index contributed by atoms with van der Waals surface area (Å²) < 4.78 is 0. The Bertz CT molecular complexity index is 521. The highest BCUT2D eigenvalue weighted by atomic mass is 16.4. The molecule has 20 heavy (non-hydrogen) atoms. The molecule has 1 aromatic rings. The molecule has 4 heteroatoms. The predicted molar refractivity (Wildman–Crippen MR) is 79.3 cm³/mol. The van der Waals surface area contributed by atoms with E-state index >= 15 is 0 Å². The number of hydrogen-bond acceptors (Lipinski definition) is 2. The van der Waals surface area contributed by atoms with Crippen molar-refractivity contribution in [2.75, 3.05) is 13.6 Å². The van der Waals surface area contributed by atoms with Crippen molar-refractivity contribution in [2.45, 2.75) is 34.1 Å². The second kappa shape index (κ2) is 6.55. The number of hydrogen-bond donors (Lipinski definition) is 1. The third-order valence-corrected chi connectivity index (χ3v) is 3.44. The fourth-order valence-electron chi connectivity index (χ4n) is 2.11. The predicted octanol–water partition coefficient (Wildman–Crippen LogP) is 3.12. The van der Waals surface area contributed by atoms with Crippen molar-refractivity contribution >= 4 is 11.9 Å². The van der Waals surface area contributed by atoms with Gasteiger partial charge in [0.1, 0.15) is 0 Å². The Morgan fingerprint density at radius 3 is 2.10 bits per heavy atom. The minimum Gasteiger partial charge on any atom is -0.478 e. The summed E-state index contributed by atoms with van der Waals surface area (Å²) in [7, 11) is 1.72. The van der Waals surface area contributed by atoms with Crippen LogP contribution in [0.15, 0.2) is 12.1 Å². The van der Waals surface area contributed by atoms with Crippen LogP contribution in [0.1, 0.15) is 52.1 Å². The van der Waals surface area contributed by atoms with E-state index in [4.69, 9.17) is 0 Å². The first kappa shape index (κ1) is 16.2. The molecule has 0 bridgehead atoms. The number of aryl methyl sites for hydroxylation is 2. The molecule has 0 saturated carbocycles. The molecule has 110 valence electrons. The van der Waals surface area contributed by atoms with Crippen LogP contribution >= 0.6 is 0 Å². The highest BCUT2D eigenvalue weighted by Crippen LogP contribution is 2.20. The lowest BCUT2D eigenvalue weighted by atomic mass is 9.96. The Labute approximate surface area is 120 Å². The highest BCUT2D eigenvalue weighted by Gasteiger charge is 2.23. The van der Waals surface area contributed by atoms with E-state index in [9.17, 15) is 14.7 Å². The number of carbonyl (C=O) groups is 2. The molecule has 4 nitrogen and oxygen atoms in total. The van der Waals surface area contributed by atoms with Gasteiger partial charge >= 0.3 is 5.97 Å². The van der Waals surface area contributed by atoms with Crippen molar-refractivity contribution in [2.24, 2.45) is 5.92 Å². The van der Waals surface area contributed by atoms with E-state index in [-0.39, 0.29) is 11.5 Å². The highest BCUT2D eigenvalue weighted by molar-refractivity contribution is 6.06. The molecule has 0 aliphatic carbocycles. The Morgan fingerprint density at radius 2 is 1.65 bits per heavy atom. The first-order valence-corrected chi connectivity index (χ1v) is 6.84. The SMILES string of the molecule is Cc1ccc(C)c(C(=O)N(C)CCC(C)C)c1C(=O)O. The second-order valence-corrected chi connectivity index (χ2v) is 5.66. The molecular formula is C16H23NO3. The number of amides is 1. The molecular weight excluding hydrogens is 254 g/mol. The molecule has 1 rings (SSSR count). The maximum atomic E-state index is 12.5. The van der Waals surface area contributed by atoms with Crippen molar-refractivity contribution in [3.63, 3.8) is 0 Å². The molecule has 0 saturated heterocycles. The Balaban J connectivity index is 3.15. The van der Waals surface area contributed by atoms with Crippen LogP contribution in [0.4, 0.5) is 0 Å². The van der Waals surface area contributed by atoms with Gasteiger partial charge in [0.05, 0.1) is 11.1 Å². The number of benzene rings is 1. The van der Waals surface area contributed by atoms with Gasteiger partial charge in [-0.25, -0.2) is 4.79 Å². The van der Waals surface area contributed by atoms with Gasteiger partial charge < -0.3 is 10.0 Å². The summed E-state index contributed by atoms with van der Waals surface area (Å²) in [5.41, 5.74) is 1.74. The summed E-state index contributed by atoms with van der Waals surface area (Å²) in [5, 5.41) is 9.35. The van der Waals surface area contributed by atoms with Crippen molar-refractivity contribution in [3.05, 3.63) is 34.4 Å². The van der Waals surface area contributed by atoms with E-state index in [1.165, 1.54) is 0 Å². The quantitative estimate of drug-likeness (QED) is 0.899. The maximum absolute atomic E-state index is 12.5. The summed E-state index contributed by atoms with van der Waals surface area (Å²) in [4.78, 5) is 25.5. The van der Waals surface area contributed by atoms with Gasteiger partial charge in [-0.05, 0) is 37.3 Å². The lowest BCUT2D eigenvalue weighted by Gasteiger charge is -2.21. The zero-order valence-electron chi connectivity index (χ0n) is 12.9. The van der Waals surface area contributed by atoms with Gasteiger partial charge in [0.25, 0.3) is 5.91 Å². The van der Waals surface area contributed by atoms with Crippen molar-refractivity contribution in [1.29, 1.82) is 0 Å². The molecule has 0 unspecified atom stereocenters. The number of carboxylic acid groups (broad SMARTS) is 1. The second-order valence-electron chi connectivity index (χ2n) is 5.66. The number of nitrogens with zero attached hydrogens (tertiary/aromatic N) is 1. The van der Waals surface area contributed by atoms with Gasteiger partial charge in [0.15, 0.2) is 0 Å². The van der Waals surface area contributed by atoms with Crippen LogP contribution in [-0.2, 0) is 0 Å². The summed E-state index contributed by atoms with van der Waals surface area (Å²) in [6, 6.07) is 3.54. The van der Waals surface area contributed by atoms with E-state index in [0.717, 1.165) is 6.42 Å². The van der Waals surface area contributed by atoms with E-state index in [0.29, 0.717) is 29.2 Å². The van der Waals surface area contributed by atoms with Crippen LogP contribution in [0, 0.1) is 19.8 Å². The lowest BCUT2D eigenvalue weighted by Crippen LogP contribution is -2.30. The van der Waals surface area contributed by atoms with E-state index in [1.807, 2.05) is 0 Å². The van der Waals surface area contributed by atoms with Gasteiger partial charge in [0, 0.05) is 13.6 Å². The molecule has 0 aromatic heterocycles. The first-order valence-electron chi connectivity index (χ1n) is 6.84. The molecule has 1 aromatic carbocycles. The first-order chi connectivity index (χ1) is 9.25. The Kier molecular flexibility index (Phi) is 5.31. The largest absolute Gasteiger partial charge is 0.478 e. The molecule has 0 spiro atoms. The fourth-order valence-corrected chi connectivity index (χ4v) is 2.11. The minimum absolute atomic E-state index is 0.117. The van der Waals surface area contributed by atoms with Gasteiger partial charge in [-0.1, -0.05) is 26.0 Å². The molecule has 1 amide bonds. The maximum Gasteiger partial charge on any atom is 0.336 e. The van der Waals surface area contributed by atoms with E-state index in [1.54, 1.807) is 37.9 Å². The zero-order chi connectivity index (χ0) is 15.4. The molecule has 0 atom stereocenters. The summed E-state index contributed by atoms with van der Waals surface area (Å²) in [6.45, 7) is 8.31. The Morgan fingerprint density at radius 1 is 1.15 bits per heavy atom. The smallest absolute Gasteiger partial charge is 0.336 e. The van der Waals surface area contributed by atoms with Gasteiger partial charge in [0.2, 0.25) is 0 Å².